The predicted molar refractivity (Wildman–Crippen MR) is 120 cm³/mol. The van der Waals surface area contributed by atoms with Crippen LogP contribution in [0.25, 0.3) is 0 Å². The number of carbonyl (C=O) groups is 2. The summed E-state index contributed by atoms with van der Waals surface area (Å²) in [5, 5.41) is 15.0. The lowest BCUT2D eigenvalue weighted by Crippen LogP contribution is -2.49. The molecule has 0 radical (unpaired) electrons. The quantitative estimate of drug-likeness (QED) is 0.525. The largest absolute Gasteiger partial charge is 0.497 e. The van der Waals surface area contributed by atoms with Crippen LogP contribution in [-0.2, 0) is 4.79 Å². The first-order valence-electron chi connectivity index (χ1n) is 10.5. The standard InChI is InChI=1S/C24H22N6O4/c1-15(29-23(32)24(7-8-24)30-22(31)17-11-26-14-27-12-17)20-5-3-19(13-28-20)34-21-6-4-18(33-2)9-16(21)10-25/h3-6,9,11-15H,7-8H2,1-2H3,(H,29,32)(H,30,31)/t15-/m1/s1. The second kappa shape index (κ2) is 9.54. The second-order valence-corrected chi connectivity index (χ2v) is 7.85. The van der Waals surface area contributed by atoms with Crippen LogP contribution in [0, 0.1) is 11.3 Å². The molecule has 1 aliphatic carbocycles. The number of aromatic nitrogens is 3. The number of amides is 2. The van der Waals surface area contributed by atoms with Crippen molar-refractivity contribution < 1.29 is 19.1 Å². The van der Waals surface area contributed by atoms with Gasteiger partial charge in [0.15, 0.2) is 0 Å². The Balaban J connectivity index is 1.37. The molecule has 3 aromatic rings. The average Bonchev–Trinajstić information content (AvgIpc) is 3.66. The summed E-state index contributed by atoms with van der Waals surface area (Å²) >= 11 is 0. The van der Waals surface area contributed by atoms with E-state index in [9.17, 15) is 14.9 Å². The van der Waals surface area contributed by atoms with Crippen LogP contribution in [-0.4, -0.2) is 39.4 Å². The maximum atomic E-state index is 12.9. The maximum absolute atomic E-state index is 12.9. The maximum Gasteiger partial charge on any atom is 0.255 e. The number of pyridine rings is 1. The molecule has 10 nitrogen and oxygen atoms in total. The smallest absolute Gasteiger partial charge is 0.255 e. The monoisotopic (exact) mass is 458 g/mol. The van der Waals surface area contributed by atoms with Crippen LogP contribution in [0.15, 0.2) is 55.2 Å². The minimum absolute atomic E-state index is 0.274. The third-order valence-corrected chi connectivity index (χ3v) is 5.45. The van der Waals surface area contributed by atoms with Gasteiger partial charge >= 0.3 is 0 Å². The number of nitrogens with zero attached hydrogens (tertiary/aromatic N) is 4. The lowest BCUT2D eigenvalue weighted by molar-refractivity contribution is -0.124. The average molecular weight is 458 g/mol. The Labute approximate surface area is 196 Å². The number of nitriles is 1. The summed E-state index contributed by atoms with van der Waals surface area (Å²) in [6.45, 7) is 1.81. The topological polar surface area (TPSA) is 139 Å². The van der Waals surface area contributed by atoms with E-state index < -0.39 is 17.5 Å². The van der Waals surface area contributed by atoms with Crippen molar-refractivity contribution in [2.75, 3.05) is 7.11 Å². The summed E-state index contributed by atoms with van der Waals surface area (Å²) in [4.78, 5) is 37.3. The first-order chi connectivity index (χ1) is 16.4. The van der Waals surface area contributed by atoms with E-state index in [0.29, 0.717) is 46.9 Å². The molecule has 2 heterocycles. The molecule has 34 heavy (non-hydrogen) atoms. The van der Waals surface area contributed by atoms with Gasteiger partial charge in [-0.15, -0.1) is 0 Å². The highest BCUT2D eigenvalue weighted by Gasteiger charge is 2.51. The fourth-order valence-electron chi connectivity index (χ4n) is 3.30. The normalized spacial score (nSPS) is 14.3. The Morgan fingerprint density at radius 3 is 2.47 bits per heavy atom. The minimum Gasteiger partial charge on any atom is -0.497 e. The summed E-state index contributed by atoms with van der Waals surface area (Å²) in [5.74, 6) is 0.720. The first kappa shape index (κ1) is 22.7. The Bertz CT molecular complexity index is 1240. The Kier molecular flexibility index (Phi) is 6.36. The number of rotatable bonds is 8. The van der Waals surface area contributed by atoms with Gasteiger partial charge in [0.05, 0.1) is 36.2 Å². The van der Waals surface area contributed by atoms with Crippen LogP contribution in [0.2, 0.25) is 0 Å². The molecule has 0 bridgehead atoms. The third-order valence-electron chi connectivity index (χ3n) is 5.45. The van der Waals surface area contributed by atoms with Gasteiger partial charge < -0.3 is 20.1 Å². The zero-order chi connectivity index (χ0) is 24.1. The lowest BCUT2D eigenvalue weighted by Gasteiger charge is -2.20. The molecular formula is C24H22N6O4. The van der Waals surface area contributed by atoms with Gasteiger partial charge in [0.1, 0.15) is 35.2 Å². The van der Waals surface area contributed by atoms with Crippen molar-refractivity contribution in [3.8, 4) is 23.3 Å². The van der Waals surface area contributed by atoms with Crippen LogP contribution >= 0.6 is 0 Å². The highest BCUT2D eigenvalue weighted by molar-refractivity contribution is 6.00. The molecule has 2 aromatic heterocycles. The van der Waals surface area contributed by atoms with Crippen molar-refractivity contribution in [2.45, 2.75) is 31.3 Å². The van der Waals surface area contributed by atoms with Crippen molar-refractivity contribution in [2.24, 2.45) is 0 Å². The van der Waals surface area contributed by atoms with Gasteiger partial charge in [-0.05, 0) is 44.0 Å². The van der Waals surface area contributed by atoms with Gasteiger partial charge in [0.25, 0.3) is 5.91 Å². The van der Waals surface area contributed by atoms with E-state index in [4.69, 9.17) is 9.47 Å². The van der Waals surface area contributed by atoms with Gasteiger partial charge in [0.2, 0.25) is 5.91 Å². The van der Waals surface area contributed by atoms with Crippen LogP contribution in [0.1, 0.15) is 47.4 Å². The zero-order valence-corrected chi connectivity index (χ0v) is 18.6. The van der Waals surface area contributed by atoms with Crippen molar-refractivity contribution in [1.82, 2.24) is 25.6 Å². The van der Waals surface area contributed by atoms with Gasteiger partial charge in [0, 0.05) is 18.5 Å². The van der Waals surface area contributed by atoms with E-state index in [1.807, 2.05) is 0 Å². The number of hydrogen-bond acceptors (Lipinski definition) is 8. The molecule has 4 rings (SSSR count). The summed E-state index contributed by atoms with van der Waals surface area (Å²) in [6, 6.07) is 10.1. The number of nitrogens with one attached hydrogen (secondary N) is 2. The van der Waals surface area contributed by atoms with Crippen LogP contribution in [0.3, 0.4) is 0 Å². The first-order valence-corrected chi connectivity index (χ1v) is 10.5. The highest BCUT2D eigenvalue weighted by atomic mass is 16.5. The van der Waals surface area contributed by atoms with Crippen LogP contribution < -0.4 is 20.1 Å². The highest BCUT2D eigenvalue weighted by Crippen LogP contribution is 2.36. The Morgan fingerprint density at radius 2 is 1.85 bits per heavy atom. The SMILES string of the molecule is COc1ccc(Oc2ccc([C@@H](C)NC(=O)C3(NC(=O)c4cncnc4)CC3)nc2)c(C#N)c1. The zero-order valence-electron chi connectivity index (χ0n) is 18.6. The Hall–Kier alpha value is -4.52. The molecule has 1 aromatic carbocycles. The molecule has 10 heteroatoms. The molecular weight excluding hydrogens is 436 g/mol. The molecule has 1 atom stereocenters. The van der Waals surface area contributed by atoms with Crippen molar-refractivity contribution in [3.05, 3.63) is 72.1 Å². The number of hydrogen-bond donors (Lipinski definition) is 2. The minimum atomic E-state index is -0.938. The number of methoxy groups -OCH3 is 1. The summed E-state index contributed by atoms with van der Waals surface area (Å²) in [5.41, 5.74) is 0.312. The van der Waals surface area contributed by atoms with E-state index in [2.05, 4.69) is 31.7 Å². The number of ether oxygens (including phenoxy) is 2. The van der Waals surface area contributed by atoms with Gasteiger partial charge in [-0.3, -0.25) is 14.6 Å². The molecule has 1 saturated carbocycles. The molecule has 0 unspecified atom stereocenters. The van der Waals surface area contributed by atoms with Crippen molar-refractivity contribution >= 4 is 11.8 Å². The van der Waals surface area contributed by atoms with Crippen molar-refractivity contribution in [3.63, 3.8) is 0 Å². The Morgan fingerprint density at radius 1 is 1.12 bits per heavy atom. The number of benzene rings is 1. The van der Waals surface area contributed by atoms with Crippen LogP contribution in [0.5, 0.6) is 17.2 Å². The molecule has 2 N–H and O–H groups in total. The summed E-state index contributed by atoms with van der Waals surface area (Å²) in [6.07, 6.45) is 6.76. The van der Waals surface area contributed by atoms with E-state index in [1.165, 1.54) is 32.0 Å². The third kappa shape index (κ3) is 4.94. The second-order valence-electron chi connectivity index (χ2n) is 7.85. The van der Waals surface area contributed by atoms with Crippen molar-refractivity contribution in [1.29, 1.82) is 5.26 Å². The molecule has 0 saturated heterocycles. The molecule has 2 amide bonds. The van der Waals surface area contributed by atoms with Gasteiger partial charge in [-0.25, -0.2) is 9.97 Å². The fraction of sp³-hybridized carbons (Fsp3) is 0.250. The van der Waals surface area contributed by atoms with E-state index in [1.54, 1.807) is 37.3 Å². The van der Waals surface area contributed by atoms with E-state index in [-0.39, 0.29) is 5.91 Å². The van der Waals surface area contributed by atoms with Crippen LogP contribution in [0.4, 0.5) is 0 Å². The summed E-state index contributed by atoms with van der Waals surface area (Å²) in [7, 11) is 1.52. The molecule has 0 spiro atoms. The fourth-order valence-corrected chi connectivity index (χ4v) is 3.30. The lowest BCUT2D eigenvalue weighted by atomic mass is 10.1. The summed E-state index contributed by atoms with van der Waals surface area (Å²) < 4.78 is 10.9. The molecule has 1 aliphatic rings. The molecule has 1 fully saturated rings. The van der Waals surface area contributed by atoms with Gasteiger partial charge in [-0.2, -0.15) is 5.26 Å². The number of carbonyl (C=O) groups excluding carboxylic acids is 2. The molecule has 172 valence electrons. The molecule has 0 aliphatic heterocycles. The van der Waals surface area contributed by atoms with Gasteiger partial charge in [-0.1, -0.05) is 0 Å². The predicted octanol–water partition coefficient (Wildman–Crippen LogP) is 2.68. The van der Waals surface area contributed by atoms with E-state index >= 15 is 0 Å². The van der Waals surface area contributed by atoms with E-state index in [0.717, 1.165) is 0 Å².